The number of fused-ring (bicyclic) bond motifs is 1. The second-order valence-electron chi connectivity index (χ2n) is 9.63. The Morgan fingerprint density at radius 1 is 0.738 bits per heavy atom. The summed E-state index contributed by atoms with van der Waals surface area (Å²) >= 11 is 0. The Hall–Kier alpha value is -4.25. The van der Waals surface area contributed by atoms with Gasteiger partial charge < -0.3 is 19.7 Å². The zero-order valence-corrected chi connectivity index (χ0v) is 22.5. The van der Waals surface area contributed by atoms with Crippen LogP contribution in [0.4, 0.5) is 26.3 Å². The van der Waals surface area contributed by atoms with Crippen LogP contribution in [0.3, 0.4) is 0 Å². The van der Waals surface area contributed by atoms with Crippen molar-refractivity contribution in [1.82, 2.24) is 10.2 Å². The number of ether oxygens (including phenoxy) is 2. The van der Waals surface area contributed by atoms with E-state index in [-0.39, 0.29) is 31.5 Å². The Kier molecular flexibility index (Phi) is 9.62. The van der Waals surface area contributed by atoms with Crippen molar-refractivity contribution in [2.45, 2.75) is 45.2 Å². The number of nitrogens with zero attached hydrogens (tertiary/aromatic N) is 1. The van der Waals surface area contributed by atoms with Gasteiger partial charge >= 0.3 is 12.7 Å². The molecule has 0 radical (unpaired) electrons. The van der Waals surface area contributed by atoms with Crippen LogP contribution in [0.15, 0.2) is 91.0 Å². The molecular weight excluding hydrogens is 562 g/mol. The lowest BCUT2D eigenvalue weighted by Gasteiger charge is -2.24. The fraction of sp³-hybridized carbons (Fsp3) is 0.258. The van der Waals surface area contributed by atoms with Gasteiger partial charge in [0.1, 0.15) is 11.5 Å². The van der Waals surface area contributed by atoms with Crippen molar-refractivity contribution in [3.63, 3.8) is 0 Å². The first-order chi connectivity index (χ1) is 19.9. The molecule has 4 rings (SSSR count). The van der Waals surface area contributed by atoms with Gasteiger partial charge in [0.25, 0.3) is 0 Å². The van der Waals surface area contributed by atoms with Crippen molar-refractivity contribution in [3.05, 3.63) is 108 Å². The van der Waals surface area contributed by atoms with E-state index in [0.717, 1.165) is 40.6 Å². The van der Waals surface area contributed by atoms with Crippen LogP contribution in [-0.4, -0.2) is 30.1 Å². The summed E-state index contributed by atoms with van der Waals surface area (Å²) in [6, 6.07) is 24.2. The van der Waals surface area contributed by atoms with Crippen LogP contribution in [-0.2, 0) is 17.9 Å². The van der Waals surface area contributed by atoms with Crippen LogP contribution in [0.5, 0.6) is 11.5 Å². The minimum atomic E-state index is -4.83. The lowest BCUT2D eigenvalue weighted by atomic mass is 9.99. The van der Waals surface area contributed by atoms with Crippen LogP contribution < -0.4 is 14.8 Å². The number of rotatable bonds is 11. The summed E-state index contributed by atoms with van der Waals surface area (Å²) in [6.07, 6.45) is -9.55. The molecule has 0 fully saturated rings. The first kappa shape index (κ1) is 30.7. The molecule has 0 bridgehead atoms. The number of amides is 1. The minimum Gasteiger partial charge on any atom is -0.406 e. The molecule has 0 aliphatic carbocycles. The van der Waals surface area contributed by atoms with E-state index in [1.54, 1.807) is 0 Å². The van der Waals surface area contributed by atoms with E-state index in [2.05, 4.69) is 14.8 Å². The van der Waals surface area contributed by atoms with Gasteiger partial charge in [0, 0.05) is 32.1 Å². The Labute approximate surface area is 238 Å². The maximum Gasteiger partial charge on any atom is 0.573 e. The maximum atomic E-state index is 13.3. The van der Waals surface area contributed by atoms with Crippen LogP contribution in [0, 0.1) is 0 Å². The van der Waals surface area contributed by atoms with Crippen molar-refractivity contribution in [1.29, 1.82) is 0 Å². The molecular formula is C31H28F6N2O3. The van der Waals surface area contributed by atoms with Crippen LogP contribution in [0.1, 0.15) is 36.1 Å². The zero-order chi connectivity index (χ0) is 30.3. The molecule has 0 aliphatic rings. The topological polar surface area (TPSA) is 50.8 Å². The molecule has 0 unspecified atom stereocenters. The first-order valence-corrected chi connectivity index (χ1v) is 13.0. The van der Waals surface area contributed by atoms with Crippen molar-refractivity contribution in [2.24, 2.45) is 0 Å². The highest BCUT2D eigenvalue weighted by atomic mass is 19.4. The number of nitrogens with one attached hydrogen (secondary N) is 1. The van der Waals surface area contributed by atoms with Crippen molar-refractivity contribution < 1.29 is 40.6 Å². The Balaban J connectivity index is 1.44. The summed E-state index contributed by atoms with van der Waals surface area (Å²) in [5, 5.41) is 5.57. The summed E-state index contributed by atoms with van der Waals surface area (Å²) in [6.45, 7) is 2.46. The summed E-state index contributed by atoms with van der Waals surface area (Å²) in [7, 11) is 0. The average Bonchev–Trinajstić information content (AvgIpc) is 2.92. The Morgan fingerprint density at radius 2 is 1.24 bits per heavy atom. The van der Waals surface area contributed by atoms with Crippen molar-refractivity contribution in [2.75, 3.05) is 6.54 Å². The molecule has 0 aromatic heterocycles. The summed E-state index contributed by atoms with van der Waals surface area (Å²) in [4.78, 5) is 14.8. The van der Waals surface area contributed by atoms with Gasteiger partial charge in [-0.1, -0.05) is 66.7 Å². The SMILES string of the molecule is C[C@@H](NCCC(=O)N(Cc1ccc(OC(F)(F)F)cc1)Cc1ccc(OC(F)(F)F)cc1)c1cccc2ccccc12. The number of carbonyl (C=O) groups is 1. The number of hydrogen-bond donors (Lipinski definition) is 1. The van der Waals surface area contributed by atoms with E-state index in [1.165, 1.54) is 29.2 Å². The summed E-state index contributed by atoms with van der Waals surface area (Å²) < 4.78 is 83.0. The quantitative estimate of drug-likeness (QED) is 0.181. The molecule has 222 valence electrons. The number of halogens is 6. The molecule has 0 saturated heterocycles. The lowest BCUT2D eigenvalue weighted by molar-refractivity contribution is -0.275. The van der Waals surface area contributed by atoms with Crippen LogP contribution in [0.25, 0.3) is 10.8 Å². The molecule has 4 aromatic carbocycles. The second kappa shape index (κ2) is 13.2. The summed E-state index contributed by atoms with van der Waals surface area (Å²) in [5.41, 5.74) is 2.18. The molecule has 0 heterocycles. The Morgan fingerprint density at radius 3 is 1.76 bits per heavy atom. The predicted octanol–water partition coefficient (Wildman–Crippen LogP) is 7.91. The van der Waals surface area contributed by atoms with E-state index in [4.69, 9.17) is 0 Å². The zero-order valence-electron chi connectivity index (χ0n) is 22.5. The Bertz CT molecular complexity index is 1400. The van der Waals surface area contributed by atoms with Crippen LogP contribution in [0.2, 0.25) is 0 Å². The van der Waals surface area contributed by atoms with Gasteiger partial charge in [0.15, 0.2) is 0 Å². The first-order valence-electron chi connectivity index (χ1n) is 13.0. The third-order valence-corrected chi connectivity index (χ3v) is 6.49. The fourth-order valence-electron chi connectivity index (χ4n) is 4.56. The van der Waals surface area contributed by atoms with Gasteiger partial charge in [-0.2, -0.15) is 0 Å². The van der Waals surface area contributed by atoms with Gasteiger partial charge in [-0.3, -0.25) is 4.79 Å². The normalized spacial score (nSPS) is 12.6. The van der Waals surface area contributed by atoms with Gasteiger partial charge in [-0.25, -0.2) is 0 Å². The standard InChI is InChI=1S/C31H28F6N2O3/c1-21(27-8-4-6-24-5-2-3-7-28(24)27)38-18-17-29(40)39(19-22-9-13-25(14-10-22)41-30(32,33)34)20-23-11-15-26(16-12-23)42-31(35,36)37/h2-16,21,38H,17-20H2,1H3/t21-/m1/s1. The number of alkyl halides is 6. The second-order valence-corrected chi connectivity index (χ2v) is 9.63. The third kappa shape index (κ3) is 9.13. The average molecular weight is 591 g/mol. The van der Waals surface area contributed by atoms with Gasteiger partial charge in [0.05, 0.1) is 0 Å². The number of carbonyl (C=O) groups excluding carboxylic acids is 1. The molecule has 1 N–H and O–H groups in total. The molecule has 5 nitrogen and oxygen atoms in total. The van der Waals surface area contributed by atoms with E-state index < -0.39 is 24.2 Å². The van der Waals surface area contributed by atoms with Crippen LogP contribution >= 0.6 is 0 Å². The molecule has 0 saturated carbocycles. The number of benzene rings is 4. The summed E-state index contributed by atoms with van der Waals surface area (Å²) in [5.74, 6) is -1.04. The highest BCUT2D eigenvalue weighted by Gasteiger charge is 2.31. The van der Waals surface area contributed by atoms with Gasteiger partial charge in [-0.05, 0) is 58.7 Å². The molecule has 0 spiro atoms. The molecule has 4 aromatic rings. The smallest absolute Gasteiger partial charge is 0.406 e. The van der Waals surface area contributed by atoms with Crippen molar-refractivity contribution >= 4 is 16.7 Å². The molecule has 42 heavy (non-hydrogen) atoms. The highest BCUT2D eigenvalue weighted by Crippen LogP contribution is 2.26. The molecule has 11 heteroatoms. The molecule has 1 atom stereocenters. The maximum absolute atomic E-state index is 13.3. The fourth-order valence-corrected chi connectivity index (χ4v) is 4.56. The molecule has 0 aliphatic heterocycles. The molecule has 1 amide bonds. The van der Waals surface area contributed by atoms with Gasteiger partial charge in [-0.15, -0.1) is 26.3 Å². The predicted molar refractivity (Wildman–Crippen MR) is 145 cm³/mol. The third-order valence-electron chi connectivity index (χ3n) is 6.49. The van der Waals surface area contributed by atoms with Crippen molar-refractivity contribution in [3.8, 4) is 11.5 Å². The highest BCUT2D eigenvalue weighted by molar-refractivity contribution is 5.86. The van der Waals surface area contributed by atoms with Gasteiger partial charge in [0.2, 0.25) is 5.91 Å². The lowest BCUT2D eigenvalue weighted by Crippen LogP contribution is -2.33. The van der Waals surface area contributed by atoms with E-state index in [0.29, 0.717) is 17.7 Å². The van der Waals surface area contributed by atoms with E-state index in [9.17, 15) is 31.1 Å². The largest absolute Gasteiger partial charge is 0.573 e. The number of hydrogen-bond acceptors (Lipinski definition) is 4. The minimum absolute atomic E-state index is 0.0558. The van der Waals surface area contributed by atoms with E-state index >= 15 is 0 Å². The van der Waals surface area contributed by atoms with E-state index in [1.807, 2.05) is 49.4 Å². The monoisotopic (exact) mass is 590 g/mol.